The third kappa shape index (κ3) is 2.75. The molecule has 1 aliphatic heterocycles. The molecule has 0 bridgehead atoms. The summed E-state index contributed by atoms with van der Waals surface area (Å²) in [5.74, 6) is -0.461. The zero-order chi connectivity index (χ0) is 14.0. The number of ether oxygens (including phenoxy) is 1. The van der Waals surface area contributed by atoms with Crippen molar-refractivity contribution in [2.24, 2.45) is 10.7 Å². The van der Waals surface area contributed by atoms with Gasteiger partial charge in [-0.2, -0.15) is 0 Å². The Kier molecular flexibility index (Phi) is 3.28. The summed E-state index contributed by atoms with van der Waals surface area (Å²) in [4.78, 5) is 14.7. The van der Waals surface area contributed by atoms with Crippen LogP contribution in [0.5, 0.6) is 0 Å². The predicted octanol–water partition coefficient (Wildman–Crippen LogP) is 1.87. The summed E-state index contributed by atoms with van der Waals surface area (Å²) in [6.07, 6.45) is -0.751. The van der Waals surface area contributed by atoms with Crippen LogP contribution in [0.3, 0.4) is 0 Å². The molecule has 0 saturated heterocycles. The van der Waals surface area contributed by atoms with Crippen LogP contribution < -0.4 is 11.1 Å². The number of aliphatic imine (C=N–C) groups is 1. The minimum Gasteiger partial charge on any atom is -0.465 e. The average Bonchev–Trinajstić information content (AvgIpc) is 2.30. The highest BCUT2D eigenvalue weighted by molar-refractivity contribution is 5.83. The second kappa shape index (κ2) is 4.75. The molecule has 2 rings (SSSR count). The maximum atomic E-state index is 13.9. The molecule has 4 N–H and O–H groups in total. The van der Waals surface area contributed by atoms with Gasteiger partial charge in [-0.15, -0.1) is 0 Å². The fourth-order valence-corrected chi connectivity index (χ4v) is 2.02. The maximum Gasteiger partial charge on any atom is 0.409 e. The lowest BCUT2D eigenvalue weighted by molar-refractivity contribution is 0.209. The third-order valence-electron chi connectivity index (χ3n) is 2.99. The average molecular weight is 267 g/mol. The Balaban J connectivity index is 2.43. The van der Waals surface area contributed by atoms with Gasteiger partial charge in [0.15, 0.2) is 0 Å². The van der Waals surface area contributed by atoms with Crippen LogP contribution in [-0.4, -0.2) is 23.8 Å². The zero-order valence-electron chi connectivity index (χ0n) is 10.3. The van der Waals surface area contributed by atoms with E-state index in [9.17, 15) is 9.18 Å². The molecule has 0 spiro atoms. The van der Waals surface area contributed by atoms with Crippen LogP contribution in [0.25, 0.3) is 0 Å². The van der Waals surface area contributed by atoms with E-state index in [1.807, 2.05) is 0 Å². The first-order valence-electron chi connectivity index (χ1n) is 5.69. The third-order valence-corrected chi connectivity index (χ3v) is 2.99. The smallest absolute Gasteiger partial charge is 0.409 e. The molecule has 1 atom stereocenters. The normalized spacial score (nSPS) is 22.3. The molecule has 1 aliphatic rings. The van der Waals surface area contributed by atoms with E-state index >= 15 is 0 Å². The second-order valence-corrected chi connectivity index (χ2v) is 4.45. The van der Waals surface area contributed by atoms with Crippen LogP contribution in [0.1, 0.15) is 18.9 Å². The maximum absolute atomic E-state index is 13.9. The summed E-state index contributed by atoms with van der Waals surface area (Å²) in [7, 11) is 0. The van der Waals surface area contributed by atoms with Crippen LogP contribution in [0.15, 0.2) is 23.2 Å². The molecule has 0 aliphatic carbocycles. The highest BCUT2D eigenvalue weighted by Crippen LogP contribution is 2.34. The molecule has 1 amide bonds. The van der Waals surface area contributed by atoms with Gasteiger partial charge in [0.2, 0.25) is 0 Å². The molecule has 7 heteroatoms. The fourth-order valence-electron chi connectivity index (χ4n) is 2.02. The Morgan fingerprint density at radius 1 is 1.63 bits per heavy atom. The number of amides is 1. The monoisotopic (exact) mass is 267 g/mol. The van der Waals surface area contributed by atoms with Crippen LogP contribution in [0.4, 0.5) is 14.9 Å². The molecule has 0 fully saturated rings. The van der Waals surface area contributed by atoms with Gasteiger partial charge in [0.25, 0.3) is 6.02 Å². The van der Waals surface area contributed by atoms with E-state index in [-0.39, 0.29) is 17.3 Å². The first-order valence-corrected chi connectivity index (χ1v) is 5.69. The number of carbonyl (C=O) groups is 1. The number of anilines is 1. The standard InChI is InChI=1S/C12H14FN3O3/c1-12(4-5-19-10(14)16-12)8-6-7(15-11(17)18)2-3-9(8)13/h2-3,6,15H,4-5H2,1H3,(H2,14,16)(H,17,18)/t12-/m0/s1. The summed E-state index contributed by atoms with van der Waals surface area (Å²) >= 11 is 0. The van der Waals surface area contributed by atoms with Crippen molar-refractivity contribution in [3.8, 4) is 0 Å². The summed E-state index contributed by atoms with van der Waals surface area (Å²) in [5.41, 5.74) is 5.22. The lowest BCUT2D eigenvalue weighted by Gasteiger charge is -2.30. The second-order valence-electron chi connectivity index (χ2n) is 4.45. The lowest BCUT2D eigenvalue weighted by Crippen LogP contribution is -2.34. The Labute approximate surface area is 109 Å². The minimum atomic E-state index is -1.21. The van der Waals surface area contributed by atoms with Gasteiger partial charge in [0.1, 0.15) is 5.82 Å². The van der Waals surface area contributed by atoms with Crippen LogP contribution >= 0.6 is 0 Å². The van der Waals surface area contributed by atoms with Gasteiger partial charge < -0.3 is 15.6 Å². The fraction of sp³-hybridized carbons (Fsp3) is 0.333. The topological polar surface area (TPSA) is 96.9 Å². The van der Waals surface area contributed by atoms with Crippen molar-refractivity contribution in [1.29, 1.82) is 0 Å². The molecule has 6 nitrogen and oxygen atoms in total. The Morgan fingerprint density at radius 3 is 3.00 bits per heavy atom. The SMILES string of the molecule is C[C@@]1(c2cc(NC(=O)O)ccc2F)CCOC(N)=N1. The quantitative estimate of drug-likeness (QED) is 0.762. The van der Waals surface area contributed by atoms with Gasteiger partial charge in [-0.1, -0.05) is 0 Å². The number of amidine groups is 1. The summed E-state index contributed by atoms with van der Waals surface area (Å²) in [6.45, 7) is 2.06. The van der Waals surface area contributed by atoms with E-state index in [4.69, 9.17) is 15.6 Å². The molecule has 1 heterocycles. The van der Waals surface area contributed by atoms with Crippen LogP contribution in [0, 0.1) is 5.82 Å². The molecule has 19 heavy (non-hydrogen) atoms. The van der Waals surface area contributed by atoms with Crippen LogP contribution in [0.2, 0.25) is 0 Å². The predicted molar refractivity (Wildman–Crippen MR) is 67.6 cm³/mol. The number of benzene rings is 1. The Hall–Kier alpha value is -2.31. The minimum absolute atomic E-state index is 0.00440. The summed E-state index contributed by atoms with van der Waals surface area (Å²) in [6, 6.07) is 3.98. The largest absolute Gasteiger partial charge is 0.465 e. The van der Waals surface area contributed by atoms with Gasteiger partial charge in [-0.3, -0.25) is 5.32 Å². The first-order chi connectivity index (χ1) is 8.90. The Morgan fingerprint density at radius 2 is 2.37 bits per heavy atom. The van der Waals surface area contributed by atoms with Crippen molar-refractivity contribution in [2.75, 3.05) is 11.9 Å². The van der Waals surface area contributed by atoms with Crippen molar-refractivity contribution < 1.29 is 19.0 Å². The van der Waals surface area contributed by atoms with Gasteiger partial charge >= 0.3 is 6.09 Å². The van der Waals surface area contributed by atoms with Crippen molar-refractivity contribution in [1.82, 2.24) is 0 Å². The highest BCUT2D eigenvalue weighted by atomic mass is 19.1. The van der Waals surface area contributed by atoms with Gasteiger partial charge in [-0.05, 0) is 25.1 Å². The van der Waals surface area contributed by atoms with Crippen LogP contribution in [-0.2, 0) is 10.3 Å². The molecular formula is C12H14FN3O3. The van der Waals surface area contributed by atoms with E-state index in [2.05, 4.69) is 10.3 Å². The van der Waals surface area contributed by atoms with E-state index in [0.29, 0.717) is 13.0 Å². The summed E-state index contributed by atoms with van der Waals surface area (Å²) < 4.78 is 19.0. The number of nitrogens with one attached hydrogen (secondary N) is 1. The number of nitrogens with two attached hydrogens (primary N) is 1. The number of hydrogen-bond donors (Lipinski definition) is 3. The number of rotatable bonds is 2. The number of hydrogen-bond acceptors (Lipinski definition) is 4. The van der Waals surface area contributed by atoms with Crippen molar-refractivity contribution >= 4 is 17.8 Å². The highest BCUT2D eigenvalue weighted by Gasteiger charge is 2.32. The number of carboxylic acid groups (broad SMARTS) is 1. The zero-order valence-corrected chi connectivity index (χ0v) is 10.3. The summed E-state index contributed by atoms with van der Waals surface area (Å²) in [5, 5.41) is 10.9. The van der Waals surface area contributed by atoms with Crippen molar-refractivity contribution in [2.45, 2.75) is 18.9 Å². The molecular weight excluding hydrogens is 253 g/mol. The molecule has 0 aromatic heterocycles. The molecule has 0 saturated carbocycles. The van der Waals surface area contributed by atoms with E-state index in [1.54, 1.807) is 6.92 Å². The van der Waals surface area contributed by atoms with Gasteiger partial charge in [-0.25, -0.2) is 14.2 Å². The van der Waals surface area contributed by atoms with Crippen molar-refractivity contribution in [3.05, 3.63) is 29.6 Å². The first kappa shape index (κ1) is 13.1. The number of halogens is 1. The van der Waals surface area contributed by atoms with E-state index < -0.39 is 17.4 Å². The molecule has 0 radical (unpaired) electrons. The molecule has 1 aromatic rings. The van der Waals surface area contributed by atoms with Gasteiger partial charge in [0.05, 0.1) is 12.1 Å². The Bertz CT molecular complexity index is 547. The van der Waals surface area contributed by atoms with Gasteiger partial charge in [0, 0.05) is 17.7 Å². The molecule has 102 valence electrons. The van der Waals surface area contributed by atoms with E-state index in [0.717, 1.165) is 0 Å². The molecule has 1 aromatic carbocycles. The van der Waals surface area contributed by atoms with Crippen molar-refractivity contribution in [3.63, 3.8) is 0 Å². The molecule has 0 unspecified atom stereocenters. The number of nitrogens with zero attached hydrogens (tertiary/aromatic N) is 1. The van der Waals surface area contributed by atoms with E-state index in [1.165, 1.54) is 18.2 Å². The lowest BCUT2D eigenvalue weighted by atomic mass is 9.88.